The van der Waals surface area contributed by atoms with Crippen LogP contribution in [-0.4, -0.2) is 90.0 Å². The van der Waals surface area contributed by atoms with Crippen LogP contribution in [0.25, 0.3) is 72.6 Å². The average Bonchev–Trinajstić information content (AvgIpc) is 1.51. The lowest BCUT2D eigenvalue weighted by Crippen LogP contribution is -2.08. The number of ether oxygens (including phenoxy) is 8. The Morgan fingerprint density at radius 1 is 0.420 bits per heavy atom. The summed E-state index contributed by atoms with van der Waals surface area (Å²) in [7, 11) is 8.00. The van der Waals surface area contributed by atoms with Crippen LogP contribution in [0.15, 0.2) is 162 Å². The van der Waals surface area contributed by atoms with Crippen molar-refractivity contribution in [3.8, 4) is 126 Å². The van der Waals surface area contributed by atoms with Gasteiger partial charge in [0.2, 0.25) is 11.5 Å². The Hall–Kier alpha value is -12.2. The first-order chi connectivity index (χ1) is 42.3. The van der Waals surface area contributed by atoms with E-state index in [-0.39, 0.29) is 113 Å². The van der Waals surface area contributed by atoms with Gasteiger partial charge >= 0.3 is 0 Å². The predicted octanol–water partition coefficient (Wildman–Crippen LogP) is 12.0. The van der Waals surface area contributed by atoms with E-state index in [1.54, 1.807) is 48.5 Å². The van der Waals surface area contributed by atoms with Crippen LogP contribution in [0.1, 0.15) is 31.8 Å². The van der Waals surface area contributed by atoms with E-state index in [2.05, 4.69) is 0 Å². The van der Waals surface area contributed by atoms with Gasteiger partial charge in [0, 0.05) is 76.9 Å². The number of ketones is 2. The fourth-order valence-electron chi connectivity index (χ4n) is 9.92. The van der Waals surface area contributed by atoms with Gasteiger partial charge in [-0.05, 0) is 84.9 Å². The molecule has 0 fully saturated rings. The number of rotatable bonds is 18. The molecule has 0 bridgehead atoms. The van der Waals surface area contributed by atoms with Crippen LogP contribution in [0.2, 0.25) is 0 Å². The molecule has 0 aliphatic carbocycles. The molecule has 0 atom stereocenters. The number of aromatic hydroxyl groups is 7. The van der Waals surface area contributed by atoms with Crippen molar-refractivity contribution in [2.75, 3.05) is 42.7 Å². The fourth-order valence-corrected chi connectivity index (χ4v) is 9.92. The molecule has 7 N–H and O–H groups in total. The number of methoxy groups -OCH3 is 6. The van der Waals surface area contributed by atoms with Gasteiger partial charge in [-0.25, -0.2) is 0 Å². The van der Waals surface area contributed by atoms with Crippen molar-refractivity contribution >= 4 is 50.2 Å². The summed E-state index contributed by atoms with van der Waals surface area (Å²) in [5, 5.41) is 77.1. The molecule has 3 heterocycles. The monoisotopic (exact) mass is 1190 g/mol. The van der Waals surface area contributed by atoms with Crippen molar-refractivity contribution in [2.24, 2.45) is 0 Å². The molecular formula is C66H48O22. The lowest BCUT2D eigenvalue weighted by Gasteiger charge is -2.16. The summed E-state index contributed by atoms with van der Waals surface area (Å²) in [6.45, 7) is 0. The Morgan fingerprint density at radius 2 is 0.943 bits per heavy atom. The number of fused-ring (bicyclic) bond motifs is 3. The minimum Gasteiger partial charge on any atom is -0.507 e. The average molecular weight is 1190 g/mol. The second-order valence-corrected chi connectivity index (χ2v) is 19.4. The number of hydrogen-bond donors (Lipinski definition) is 7. The van der Waals surface area contributed by atoms with Gasteiger partial charge in [-0.1, -0.05) is 0 Å². The first-order valence-corrected chi connectivity index (χ1v) is 26.2. The van der Waals surface area contributed by atoms with Crippen molar-refractivity contribution < 1.29 is 96.5 Å². The number of furan rings is 1. The highest BCUT2D eigenvalue weighted by molar-refractivity contribution is 6.24. The Balaban J connectivity index is 0.972. The molecule has 0 aliphatic heterocycles. The van der Waals surface area contributed by atoms with Crippen LogP contribution >= 0.6 is 0 Å². The van der Waals surface area contributed by atoms with Gasteiger partial charge in [0.05, 0.1) is 53.6 Å². The van der Waals surface area contributed by atoms with Crippen LogP contribution in [0, 0.1) is 0 Å². The van der Waals surface area contributed by atoms with E-state index in [9.17, 15) is 50.1 Å². The Morgan fingerprint density at radius 3 is 1.55 bits per heavy atom. The topological polar surface area (TPSA) is 323 Å². The summed E-state index contributed by atoms with van der Waals surface area (Å²) in [5.74, 6) is -6.44. The summed E-state index contributed by atoms with van der Waals surface area (Å²) in [5.41, 5.74) is -2.10. The summed E-state index contributed by atoms with van der Waals surface area (Å²) in [4.78, 5) is 57.3. The van der Waals surface area contributed by atoms with Gasteiger partial charge in [-0.3, -0.25) is 19.2 Å². The highest BCUT2D eigenvalue weighted by atomic mass is 16.5. The zero-order valence-electron chi connectivity index (χ0n) is 47.0. The second-order valence-electron chi connectivity index (χ2n) is 19.4. The number of hydrogen-bond acceptors (Lipinski definition) is 22. The number of benzene rings is 8. The number of allylic oxidation sites excluding steroid dienone is 1. The largest absolute Gasteiger partial charge is 0.507 e. The lowest BCUT2D eigenvalue weighted by molar-refractivity contribution is 0.102. The molecule has 0 saturated heterocycles. The minimum atomic E-state index is -0.952. The quantitative estimate of drug-likeness (QED) is 0.0238. The van der Waals surface area contributed by atoms with E-state index in [0.29, 0.717) is 22.6 Å². The van der Waals surface area contributed by atoms with Gasteiger partial charge in [-0.2, -0.15) is 0 Å². The standard InChI is InChI=1S/C66H48O22/c1-78-34-13-7-30(8-14-34)47(26-43(72)56-40(69)22-37(24-52(56)82-5)85-65-46(75)25-42(71)57-44(73)27-49(87-66(57)65)33-12-18-39(68)51(20-33)81-4)84-36-21-41(70)58(53(23-36)83-6)63(77)61-60-55(88-64(61)31-9-15-35(79-2)16-10-31)29-54-59(62(60)76)45(74)28-48(86-54)32-11-17-38(67)50(19-32)80-3/h7-29,67-71,75-76H,1-6H3. The van der Waals surface area contributed by atoms with Crippen LogP contribution in [-0.2, 0) is 0 Å². The number of carbonyl (C=O) groups excluding carboxylic acids is 2. The van der Waals surface area contributed by atoms with E-state index in [4.69, 9.17) is 51.1 Å². The molecule has 444 valence electrons. The normalized spacial score (nSPS) is 11.4. The van der Waals surface area contributed by atoms with Crippen LogP contribution in [0.4, 0.5) is 0 Å². The molecule has 0 saturated carbocycles. The van der Waals surface area contributed by atoms with Crippen molar-refractivity contribution in [1.29, 1.82) is 0 Å². The number of phenols is 7. The van der Waals surface area contributed by atoms with Gasteiger partial charge in [-0.15, -0.1) is 0 Å². The Bertz CT molecular complexity index is 4800. The Labute approximate surface area is 495 Å². The molecule has 11 aromatic rings. The third kappa shape index (κ3) is 10.4. The molecule has 22 nitrogen and oxygen atoms in total. The lowest BCUT2D eigenvalue weighted by atomic mass is 9.94. The molecule has 8 aromatic carbocycles. The highest BCUT2D eigenvalue weighted by Crippen LogP contribution is 2.48. The fraction of sp³-hybridized carbons (Fsp3) is 0.0909. The molecule has 88 heavy (non-hydrogen) atoms. The maximum absolute atomic E-state index is 15.3. The van der Waals surface area contributed by atoms with E-state index in [0.717, 1.165) is 36.4 Å². The van der Waals surface area contributed by atoms with Gasteiger partial charge < -0.3 is 86.9 Å². The Kier molecular flexibility index (Phi) is 15.1. The van der Waals surface area contributed by atoms with Crippen molar-refractivity contribution in [1.82, 2.24) is 0 Å². The number of phenolic OH excluding ortho intramolecular Hbond substituents is 7. The smallest absolute Gasteiger partial charge is 0.212 e. The van der Waals surface area contributed by atoms with Crippen molar-refractivity contribution in [2.45, 2.75) is 0 Å². The van der Waals surface area contributed by atoms with E-state index < -0.39 is 73.6 Å². The molecule has 11 rings (SSSR count). The summed E-state index contributed by atoms with van der Waals surface area (Å²) in [6.07, 6.45) is 1.00. The number of carbonyl (C=O) groups is 2. The van der Waals surface area contributed by atoms with Crippen LogP contribution < -0.4 is 48.8 Å². The van der Waals surface area contributed by atoms with Crippen molar-refractivity contribution in [3.05, 3.63) is 182 Å². The second kappa shape index (κ2) is 23.1. The first kappa shape index (κ1) is 57.6. The third-order valence-corrected chi connectivity index (χ3v) is 14.2. The van der Waals surface area contributed by atoms with Crippen molar-refractivity contribution in [3.63, 3.8) is 0 Å². The van der Waals surface area contributed by atoms with Gasteiger partial charge in [0.25, 0.3) is 0 Å². The maximum atomic E-state index is 15.3. The molecule has 0 amide bonds. The van der Waals surface area contributed by atoms with Crippen LogP contribution in [0.5, 0.6) is 92.0 Å². The zero-order valence-corrected chi connectivity index (χ0v) is 47.0. The van der Waals surface area contributed by atoms with Gasteiger partial charge in [0.15, 0.2) is 51.0 Å². The molecule has 22 heteroatoms. The molecule has 0 radical (unpaired) electrons. The minimum absolute atomic E-state index is 0.0471. The van der Waals surface area contributed by atoms with E-state index in [1.165, 1.54) is 97.3 Å². The SMILES string of the molecule is COc1ccc(C(=CC(=O)c2c(O)cc(Oc3c(O)cc(O)c4c(=O)cc(-c5ccc(O)c(OC)c5)oc34)cc2OC)Oc2cc(O)c(C(=O)c3c(-c4ccc(OC)cc4)oc4cc5oc(-c6ccc(O)c(OC)c6)cc(=O)c5c(O)c34)c(OC)c2)cc1. The van der Waals surface area contributed by atoms with E-state index in [1.807, 2.05) is 0 Å². The summed E-state index contributed by atoms with van der Waals surface area (Å²) >= 11 is 0. The molecular weight excluding hydrogens is 1140 g/mol. The highest BCUT2D eigenvalue weighted by Gasteiger charge is 2.33. The van der Waals surface area contributed by atoms with Gasteiger partial charge in [0.1, 0.15) is 114 Å². The zero-order chi connectivity index (χ0) is 62.4. The van der Waals surface area contributed by atoms with Crippen LogP contribution in [0.3, 0.4) is 0 Å². The third-order valence-electron chi connectivity index (χ3n) is 14.2. The summed E-state index contributed by atoms with van der Waals surface area (Å²) < 4.78 is 63.4. The predicted molar refractivity (Wildman–Crippen MR) is 318 cm³/mol. The van der Waals surface area contributed by atoms with E-state index >= 15 is 4.79 Å². The molecule has 0 spiro atoms. The molecule has 0 unspecified atom stereocenters. The summed E-state index contributed by atoms with van der Waals surface area (Å²) in [6, 6.07) is 29.9. The maximum Gasteiger partial charge on any atom is 0.212 e. The molecule has 3 aromatic heterocycles. The molecule has 0 aliphatic rings. The first-order valence-electron chi connectivity index (χ1n) is 26.2.